The van der Waals surface area contributed by atoms with Crippen molar-refractivity contribution in [2.24, 2.45) is 4.99 Å². The minimum atomic E-state index is -0.983. The van der Waals surface area contributed by atoms with E-state index >= 15 is 0 Å². The van der Waals surface area contributed by atoms with Crippen LogP contribution in [0.5, 0.6) is 0 Å². The maximum atomic E-state index is 13.0. The van der Waals surface area contributed by atoms with E-state index in [0.29, 0.717) is 6.42 Å². The number of nitrogens with zero attached hydrogens (tertiary/aromatic N) is 1. The van der Waals surface area contributed by atoms with Crippen LogP contribution in [0.25, 0.3) is 0 Å². The number of nitrogens with one attached hydrogen (secondary N) is 1. The summed E-state index contributed by atoms with van der Waals surface area (Å²) < 4.78 is 13.0. The van der Waals surface area contributed by atoms with E-state index in [9.17, 15) is 9.50 Å². The maximum Gasteiger partial charge on any atom is 0.127 e. The van der Waals surface area contributed by atoms with E-state index in [-0.39, 0.29) is 5.82 Å². The van der Waals surface area contributed by atoms with Gasteiger partial charge in [-0.1, -0.05) is 26.2 Å². The molecule has 0 spiro atoms. The average molecular weight is 326 g/mol. The monoisotopic (exact) mass is 326 g/mol. The number of hydrogen-bond acceptors (Lipinski definition) is 3. The fourth-order valence-electron chi connectivity index (χ4n) is 3.04. The molecule has 1 aliphatic rings. The largest absolute Gasteiger partial charge is 0.379 e. The van der Waals surface area contributed by atoms with Gasteiger partial charge in [-0.25, -0.2) is 4.39 Å². The van der Waals surface area contributed by atoms with Gasteiger partial charge in [0.2, 0.25) is 0 Å². The highest BCUT2D eigenvalue weighted by Gasteiger charge is 2.33. The molecule has 0 saturated carbocycles. The molecule has 0 saturated heterocycles. The highest BCUT2D eigenvalue weighted by Crippen LogP contribution is 2.40. The molecule has 126 valence electrons. The van der Waals surface area contributed by atoms with E-state index in [2.05, 4.69) is 17.2 Å². The Kier molecular flexibility index (Phi) is 4.95. The average Bonchev–Trinajstić information content (AvgIpc) is 2.91. The van der Waals surface area contributed by atoms with Crippen LogP contribution in [0.2, 0.25) is 0 Å². The Labute approximate surface area is 142 Å². The molecule has 0 bridgehead atoms. The molecule has 3 rings (SSSR count). The van der Waals surface area contributed by atoms with Crippen molar-refractivity contribution in [2.75, 3.05) is 5.32 Å². The first kappa shape index (κ1) is 16.7. The molecule has 0 aliphatic carbocycles. The van der Waals surface area contributed by atoms with Gasteiger partial charge in [0.1, 0.15) is 11.4 Å². The SMILES string of the molecule is CCCCCCC1(O)C=Nc2ccc(Nc3ccc(F)cc3)cc21. The molecule has 1 unspecified atom stereocenters. The van der Waals surface area contributed by atoms with E-state index < -0.39 is 5.60 Å². The maximum absolute atomic E-state index is 13.0. The third-order valence-corrected chi connectivity index (χ3v) is 4.42. The summed E-state index contributed by atoms with van der Waals surface area (Å²) in [5, 5.41) is 14.2. The summed E-state index contributed by atoms with van der Waals surface area (Å²) in [6.07, 6.45) is 6.80. The van der Waals surface area contributed by atoms with Crippen LogP contribution in [-0.4, -0.2) is 11.3 Å². The van der Waals surface area contributed by atoms with Gasteiger partial charge in [-0.15, -0.1) is 0 Å². The zero-order valence-corrected chi connectivity index (χ0v) is 13.9. The second kappa shape index (κ2) is 7.14. The van der Waals surface area contributed by atoms with Crippen LogP contribution >= 0.6 is 0 Å². The first-order valence-corrected chi connectivity index (χ1v) is 8.55. The number of fused-ring (bicyclic) bond motifs is 1. The summed E-state index contributed by atoms with van der Waals surface area (Å²) in [4.78, 5) is 4.36. The highest BCUT2D eigenvalue weighted by atomic mass is 19.1. The molecule has 1 heterocycles. The lowest BCUT2D eigenvalue weighted by atomic mass is 9.90. The smallest absolute Gasteiger partial charge is 0.127 e. The van der Waals surface area contributed by atoms with Crippen LogP contribution in [0, 0.1) is 5.82 Å². The molecular formula is C20H23FN2O. The fraction of sp³-hybridized carbons (Fsp3) is 0.350. The lowest BCUT2D eigenvalue weighted by molar-refractivity contribution is 0.107. The second-order valence-corrected chi connectivity index (χ2v) is 6.36. The molecule has 0 aromatic heterocycles. The van der Waals surface area contributed by atoms with E-state index in [1.165, 1.54) is 25.0 Å². The number of halogens is 1. The number of aliphatic imine (C=N–C) groups is 1. The third-order valence-electron chi connectivity index (χ3n) is 4.42. The normalized spacial score (nSPS) is 18.6. The van der Waals surface area contributed by atoms with Crippen molar-refractivity contribution >= 4 is 23.3 Å². The van der Waals surface area contributed by atoms with Crippen LogP contribution in [0.3, 0.4) is 0 Å². The minimum absolute atomic E-state index is 0.260. The summed E-state index contributed by atoms with van der Waals surface area (Å²) >= 11 is 0. The Bertz CT molecular complexity index is 727. The van der Waals surface area contributed by atoms with Gasteiger partial charge in [0.25, 0.3) is 0 Å². The third kappa shape index (κ3) is 3.65. The molecule has 1 aliphatic heterocycles. The van der Waals surface area contributed by atoms with E-state index in [1.54, 1.807) is 18.3 Å². The molecule has 0 fully saturated rings. The molecule has 2 aromatic carbocycles. The Balaban J connectivity index is 1.75. The molecule has 3 nitrogen and oxygen atoms in total. The van der Waals surface area contributed by atoms with Crippen molar-refractivity contribution < 1.29 is 9.50 Å². The highest BCUT2D eigenvalue weighted by molar-refractivity contribution is 5.84. The molecular weight excluding hydrogens is 303 g/mol. The molecule has 2 aromatic rings. The Hall–Kier alpha value is -2.20. The van der Waals surface area contributed by atoms with Crippen LogP contribution in [0.4, 0.5) is 21.5 Å². The molecule has 24 heavy (non-hydrogen) atoms. The number of benzene rings is 2. The number of aliphatic hydroxyl groups is 1. The molecule has 2 N–H and O–H groups in total. The van der Waals surface area contributed by atoms with Crippen LogP contribution in [-0.2, 0) is 5.60 Å². The first-order valence-electron chi connectivity index (χ1n) is 8.55. The molecule has 4 heteroatoms. The summed E-state index contributed by atoms with van der Waals surface area (Å²) in [6, 6.07) is 12.0. The predicted octanol–water partition coefficient (Wildman–Crippen LogP) is 5.44. The van der Waals surface area contributed by atoms with Gasteiger partial charge < -0.3 is 10.4 Å². The lowest BCUT2D eigenvalue weighted by Gasteiger charge is -2.22. The Morgan fingerprint density at radius 2 is 1.79 bits per heavy atom. The zero-order chi connectivity index (χ0) is 17.0. The van der Waals surface area contributed by atoms with Gasteiger partial charge in [-0.05, 0) is 55.3 Å². The quantitative estimate of drug-likeness (QED) is 0.665. The van der Waals surface area contributed by atoms with Crippen molar-refractivity contribution in [1.82, 2.24) is 0 Å². The molecule has 1 atom stereocenters. The Morgan fingerprint density at radius 3 is 2.54 bits per heavy atom. The lowest BCUT2D eigenvalue weighted by Crippen LogP contribution is -2.24. The van der Waals surface area contributed by atoms with Crippen molar-refractivity contribution in [1.29, 1.82) is 0 Å². The van der Waals surface area contributed by atoms with Gasteiger partial charge in [-0.2, -0.15) is 0 Å². The van der Waals surface area contributed by atoms with Gasteiger partial charge in [0.05, 0.1) is 5.69 Å². The summed E-state index contributed by atoms with van der Waals surface area (Å²) in [5.41, 5.74) is 2.34. The van der Waals surface area contributed by atoms with Crippen molar-refractivity contribution in [2.45, 2.75) is 44.6 Å². The standard InChI is InChI=1S/C20H23FN2O/c1-2-3-4-5-12-20(24)14-22-19-11-10-17(13-18(19)20)23-16-8-6-15(21)7-9-16/h6-11,13-14,23-24H,2-5,12H2,1H3. The van der Waals surface area contributed by atoms with Gasteiger partial charge >= 0.3 is 0 Å². The zero-order valence-electron chi connectivity index (χ0n) is 13.9. The second-order valence-electron chi connectivity index (χ2n) is 6.36. The van der Waals surface area contributed by atoms with Crippen LogP contribution in [0.1, 0.15) is 44.6 Å². The summed E-state index contributed by atoms with van der Waals surface area (Å²) in [7, 11) is 0. The number of unbranched alkanes of at least 4 members (excludes halogenated alkanes) is 3. The number of rotatable bonds is 7. The summed E-state index contributed by atoms with van der Waals surface area (Å²) in [6.45, 7) is 2.18. The Morgan fingerprint density at radius 1 is 1.04 bits per heavy atom. The van der Waals surface area contributed by atoms with Crippen molar-refractivity contribution in [3.8, 4) is 0 Å². The van der Waals surface area contributed by atoms with Gasteiger partial charge in [0.15, 0.2) is 0 Å². The molecule has 0 radical (unpaired) electrons. The number of anilines is 2. The van der Waals surface area contributed by atoms with Gasteiger partial charge in [0, 0.05) is 23.2 Å². The van der Waals surface area contributed by atoms with Gasteiger partial charge in [-0.3, -0.25) is 4.99 Å². The first-order chi connectivity index (χ1) is 11.6. The topological polar surface area (TPSA) is 44.6 Å². The minimum Gasteiger partial charge on any atom is -0.379 e. The van der Waals surface area contributed by atoms with E-state index in [0.717, 1.165) is 35.5 Å². The summed E-state index contributed by atoms with van der Waals surface area (Å²) in [5.74, 6) is -0.260. The van der Waals surface area contributed by atoms with Crippen molar-refractivity contribution in [3.05, 3.63) is 53.8 Å². The number of hydrogen-bond donors (Lipinski definition) is 2. The van der Waals surface area contributed by atoms with Crippen LogP contribution in [0.15, 0.2) is 47.5 Å². The molecule has 0 amide bonds. The van der Waals surface area contributed by atoms with E-state index in [1.807, 2.05) is 18.2 Å². The van der Waals surface area contributed by atoms with Crippen LogP contribution < -0.4 is 5.32 Å². The fourth-order valence-corrected chi connectivity index (χ4v) is 3.04. The van der Waals surface area contributed by atoms with E-state index in [4.69, 9.17) is 0 Å². The van der Waals surface area contributed by atoms with Crippen molar-refractivity contribution in [3.63, 3.8) is 0 Å². The predicted molar refractivity (Wildman–Crippen MR) is 96.9 cm³/mol.